The molecule has 20 heavy (non-hydrogen) atoms. The zero-order chi connectivity index (χ0) is 15.0. The maximum absolute atomic E-state index is 9.32. The molecule has 0 amide bonds. The van der Waals surface area contributed by atoms with Crippen LogP contribution in [0.2, 0.25) is 0 Å². The Kier molecular flexibility index (Phi) is 7.50. The number of nitrogens with one attached hydrogen (secondary N) is 1. The van der Waals surface area contributed by atoms with E-state index in [9.17, 15) is 5.26 Å². The minimum atomic E-state index is -0.386. The second-order valence-electron chi connectivity index (χ2n) is 6.59. The van der Waals surface area contributed by atoms with Gasteiger partial charge >= 0.3 is 0 Å². The highest BCUT2D eigenvalue weighted by Gasteiger charge is 2.25. The molecule has 4 heteroatoms. The summed E-state index contributed by atoms with van der Waals surface area (Å²) in [6.07, 6.45) is 4.49. The molecule has 0 spiro atoms. The number of hydrogen-bond acceptors (Lipinski definition) is 4. The van der Waals surface area contributed by atoms with Crippen LogP contribution >= 0.6 is 0 Å². The maximum Gasteiger partial charge on any atom is 0.104 e. The summed E-state index contributed by atoms with van der Waals surface area (Å²) in [4.78, 5) is 2.53. The van der Waals surface area contributed by atoms with Gasteiger partial charge in [0.15, 0.2) is 0 Å². The highest BCUT2D eigenvalue weighted by atomic mass is 16.5. The van der Waals surface area contributed by atoms with Gasteiger partial charge in [-0.2, -0.15) is 5.26 Å². The van der Waals surface area contributed by atoms with Crippen molar-refractivity contribution in [2.75, 3.05) is 33.4 Å². The highest BCUT2D eigenvalue weighted by Crippen LogP contribution is 2.19. The van der Waals surface area contributed by atoms with Crippen LogP contribution in [0.15, 0.2) is 0 Å². The Balaban J connectivity index is 2.23. The molecule has 1 N–H and O–H groups in total. The molecule has 0 aromatic heterocycles. The lowest BCUT2D eigenvalue weighted by atomic mass is 9.95. The molecule has 0 radical (unpaired) electrons. The Morgan fingerprint density at radius 1 is 1.40 bits per heavy atom. The standard InChI is InChI=1S/C16H31N3O/c1-14(2)18-16(3,13-17)8-5-9-19-10-6-15(7-11-19)12-20-4/h14-15,18H,5-12H2,1-4H3. The van der Waals surface area contributed by atoms with E-state index in [1.807, 2.05) is 6.92 Å². The molecule has 0 aromatic carbocycles. The fourth-order valence-corrected chi connectivity index (χ4v) is 3.07. The Bertz CT molecular complexity index is 305. The number of piperidine rings is 1. The van der Waals surface area contributed by atoms with Gasteiger partial charge < -0.3 is 9.64 Å². The van der Waals surface area contributed by atoms with E-state index < -0.39 is 0 Å². The van der Waals surface area contributed by atoms with E-state index >= 15 is 0 Å². The molecular formula is C16H31N3O. The predicted molar refractivity (Wildman–Crippen MR) is 82.6 cm³/mol. The quantitative estimate of drug-likeness (QED) is 0.742. The largest absolute Gasteiger partial charge is 0.384 e. The smallest absolute Gasteiger partial charge is 0.104 e. The molecule has 1 aliphatic rings. The molecule has 1 aliphatic heterocycles. The third-order valence-corrected chi connectivity index (χ3v) is 4.11. The van der Waals surface area contributed by atoms with Gasteiger partial charge in [0, 0.05) is 19.8 Å². The van der Waals surface area contributed by atoms with Gasteiger partial charge in [-0.15, -0.1) is 0 Å². The molecule has 1 fully saturated rings. The molecule has 1 saturated heterocycles. The Morgan fingerprint density at radius 3 is 2.55 bits per heavy atom. The van der Waals surface area contributed by atoms with E-state index in [1.54, 1.807) is 7.11 Å². The van der Waals surface area contributed by atoms with E-state index in [0.717, 1.165) is 31.9 Å². The molecule has 0 saturated carbocycles. The summed E-state index contributed by atoms with van der Waals surface area (Å²) >= 11 is 0. The maximum atomic E-state index is 9.32. The first-order valence-electron chi connectivity index (χ1n) is 7.89. The van der Waals surface area contributed by atoms with Crippen LogP contribution in [0, 0.1) is 17.2 Å². The number of likely N-dealkylation sites (tertiary alicyclic amines) is 1. The van der Waals surface area contributed by atoms with Crippen molar-refractivity contribution in [2.24, 2.45) is 5.92 Å². The molecule has 4 nitrogen and oxygen atoms in total. The van der Waals surface area contributed by atoms with Crippen molar-refractivity contribution in [3.05, 3.63) is 0 Å². The zero-order valence-electron chi connectivity index (χ0n) is 13.6. The Hall–Kier alpha value is -0.630. The van der Waals surface area contributed by atoms with E-state index in [-0.39, 0.29) is 5.54 Å². The van der Waals surface area contributed by atoms with Crippen LogP contribution in [0.25, 0.3) is 0 Å². The third-order valence-electron chi connectivity index (χ3n) is 4.11. The molecule has 0 bridgehead atoms. The fraction of sp³-hybridized carbons (Fsp3) is 0.938. The van der Waals surface area contributed by atoms with Crippen molar-refractivity contribution in [2.45, 2.75) is 58.0 Å². The molecule has 116 valence electrons. The molecule has 1 unspecified atom stereocenters. The second kappa shape index (κ2) is 8.61. The van der Waals surface area contributed by atoms with Crippen molar-refractivity contribution in [3.8, 4) is 6.07 Å². The number of methoxy groups -OCH3 is 1. The first-order valence-corrected chi connectivity index (χ1v) is 7.89. The number of hydrogen-bond donors (Lipinski definition) is 1. The summed E-state index contributed by atoms with van der Waals surface area (Å²) in [6.45, 7) is 10.6. The van der Waals surface area contributed by atoms with Gasteiger partial charge in [0.25, 0.3) is 0 Å². The van der Waals surface area contributed by atoms with Gasteiger partial charge in [0.2, 0.25) is 0 Å². The molecule has 0 aromatic rings. The van der Waals surface area contributed by atoms with Gasteiger partial charge in [-0.1, -0.05) is 0 Å². The van der Waals surface area contributed by atoms with Crippen LogP contribution in [-0.4, -0.2) is 49.8 Å². The lowest BCUT2D eigenvalue weighted by molar-refractivity contribution is 0.0981. The van der Waals surface area contributed by atoms with Gasteiger partial charge in [-0.05, 0) is 72.0 Å². The monoisotopic (exact) mass is 281 g/mol. The molecule has 1 heterocycles. The lowest BCUT2D eigenvalue weighted by Gasteiger charge is -2.32. The van der Waals surface area contributed by atoms with Crippen molar-refractivity contribution in [3.63, 3.8) is 0 Å². The fourth-order valence-electron chi connectivity index (χ4n) is 3.07. The van der Waals surface area contributed by atoms with Gasteiger partial charge in [-0.3, -0.25) is 5.32 Å². The minimum absolute atomic E-state index is 0.351. The number of nitrogens with zero attached hydrogens (tertiary/aromatic N) is 2. The van der Waals surface area contributed by atoms with Gasteiger partial charge in [0.1, 0.15) is 5.54 Å². The normalized spacial score (nSPS) is 20.8. The van der Waals surface area contributed by atoms with E-state index in [1.165, 1.54) is 25.9 Å². The van der Waals surface area contributed by atoms with Gasteiger partial charge in [-0.25, -0.2) is 0 Å². The van der Waals surface area contributed by atoms with Crippen molar-refractivity contribution in [1.29, 1.82) is 5.26 Å². The summed E-state index contributed by atoms with van der Waals surface area (Å²) in [5.41, 5.74) is -0.386. The second-order valence-corrected chi connectivity index (χ2v) is 6.59. The van der Waals surface area contributed by atoms with Crippen LogP contribution in [0.4, 0.5) is 0 Å². The first-order chi connectivity index (χ1) is 9.49. The van der Waals surface area contributed by atoms with Crippen LogP contribution in [0.1, 0.15) is 46.5 Å². The van der Waals surface area contributed by atoms with Gasteiger partial charge in [0.05, 0.1) is 6.07 Å². The molecule has 1 atom stereocenters. The average molecular weight is 281 g/mol. The SMILES string of the molecule is COCC1CCN(CCCC(C)(C#N)NC(C)C)CC1. The topological polar surface area (TPSA) is 48.3 Å². The zero-order valence-corrected chi connectivity index (χ0v) is 13.6. The first kappa shape index (κ1) is 17.4. The number of ether oxygens (including phenoxy) is 1. The van der Waals surface area contributed by atoms with Crippen LogP contribution < -0.4 is 5.32 Å². The summed E-state index contributed by atoms with van der Waals surface area (Å²) in [7, 11) is 1.79. The van der Waals surface area contributed by atoms with Crippen molar-refractivity contribution < 1.29 is 4.74 Å². The van der Waals surface area contributed by atoms with Crippen LogP contribution in [0.5, 0.6) is 0 Å². The van der Waals surface area contributed by atoms with Crippen LogP contribution in [0.3, 0.4) is 0 Å². The summed E-state index contributed by atoms with van der Waals surface area (Å²) in [6, 6.07) is 2.78. The Morgan fingerprint density at radius 2 is 2.05 bits per heavy atom. The van der Waals surface area contributed by atoms with Crippen LogP contribution in [-0.2, 0) is 4.74 Å². The predicted octanol–water partition coefficient (Wildman–Crippen LogP) is 2.41. The van der Waals surface area contributed by atoms with E-state index in [2.05, 4.69) is 30.1 Å². The minimum Gasteiger partial charge on any atom is -0.384 e. The molecular weight excluding hydrogens is 250 g/mol. The number of nitriles is 1. The van der Waals surface area contributed by atoms with Crippen molar-refractivity contribution in [1.82, 2.24) is 10.2 Å². The molecule has 1 rings (SSSR count). The lowest BCUT2D eigenvalue weighted by Crippen LogP contribution is -2.45. The van der Waals surface area contributed by atoms with Crippen molar-refractivity contribution >= 4 is 0 Å². The highest BCUT2D eigenvalue weighted by molar-refractivity contribution is 5.04. The molecule has 0 aliphatic carbocycles. The summed E-state index contributed by atoms with van der Waals surface area (Å²) in [5.74, 6) is 0.739. The summed E-state index contributed by atoms with van der Waals surface area (Å²) in [5, 5.41) is 12.7. The number of rotatable bonds is 8. The van der Waals surface area contributed by atoms with E-state index in [4.69, 9.17) is 4.74 Å². The average Bonchev–Trinajstić information content (AvgIpc) is 2.40. The third kappa shape index (κ3) is 6.21. The van der Waals surface area contributed by atoms with E-state index in [0.29, 0.717) is 6.04 Å². The summed E-state index contributed by atoms with van der Waals surface area (Å²) < 4.78 is 5.23. The Labute approximate surface area is 124 Å².